The van der Waals surface area contributed by atoms with Crippen LogP contribution in [0.5, 0.6) is 0 Å². The molecule has 4 nitrogen and oxygen atoms in total. The van der Waals surface area contributed by atoms with Gasteiger partial charge in [0.05, 0.1) is 13.2 Å². The van der Waals surface area contributed by atoms with E-state index in [0.29, 0.717) is 37.3 Å². The molecule has 5 heteroatoms. The largest absolute Gasteiger partial charge is 0.370 e. The van der Waals surface area contributed by atoms with Gasteiger partial charge in [-0.2, -0.15) is 11.3 Å². The van der Waals surface area contributed by atoms with Crippen LogP contribution in [0.15, 0.2) is 16.8 Å². The molecule has 2 aliphatic rings. The number of ether oxygens (including phenoxy) is 1. The Kier molecular flexibility index (Phi) is 5.50. The van der Waals surface area contributed by atoms with Gasteiger partial charge in [-0.25, -0.2) is 0 Å². The summed E-state index contributed by atoms with van der Waals surface area (Å²) in [5.74, 6) is 1.48. The quantitative estimate of drug-likeness (QED) is 0.926. The summed E-state index contributed by atoms with van der Waals surface area (Å²) in [7, 11) is 0. The van der Waals surface area contributed by atoms with Gasteiger partial charge in [-0.05, 0) is 60.2 Å². The van der Waals surface area contributed by atoms with Crippen molar-refractivity contribution in [3.8, 4) is 0 Å². The summed E-state index contributed by atoms with van der Waals surface area (Å²) in [6.45, 7) is 6.52. The standard InChI is InChI=1S/C17H26N2O2S/c1-13(14-2-5-18-6-3-14)10-17(20)19-7-8-21-16(11-19)15-4-9-22-12-15/h4,9,12-14,16,18H,2-3,5-8,10-11H2,1H3. The van der Waals surface area contributed by atoms with Crippen molar-refractivity contribution >= 4 is 17.2 Å². The first kappa shape index (κ1) is 16.0. The zero-order valence-corrected chi connectivity index (χ0v) is 14.1. The Labute approximate surface area is 136 Å². The first-order valence-electron chi connectivity index (χ1n) is 8.36. The molecule has 2 aliphatic heterocycles. The number of thiophene rings is 1. The van der Waals surface area contributed by atoms with E-state index >= 15 is 0 Å². The van der Waals surface area contributed by atoms with E-state index in [1.54, 1.807) is 11.3 Å². The van der Waals surface area contributed by atoms with E-state index in [0.717, 1.165) is 19.6 Å². The van der Waals surface area contributed by atoms with Crippen molar-refractivity contribution in [1.29, 1.82) is 0 Å². The zero-order valence-electron chi connectivity index (χ0n) is 13.3. The molecule has 3 rings (SSSR count). The maximum atomic E-state index is 12.6. The van der Waals surface area contributed by atoms with Gasteiger partial charge in [-0.3, -0.25) is 4.79 Å². The van der Waals surface area contributed by atoms with E-state index in [1.807, 2.05) is 4.90 Å². The van der Waals surface area contributed by atoms with Gasteiger partial charge in [-0.1, -0.05) is 6.92 Å². The zero-order chi connectivity index (χ0) is 15.4. The minimum atomic E-state index is 0.0538. The molecule has 0 aromatic carbocycles. The highest BCUT2D eigenvalue weighted by Crippen LogP contribution is 2.27. The van der Waals surface area contributed by atoms with Crippen molar-refractivity contribution in [2.75, 3.05) is 32.8 Å². The third-order valence-electron chi connectivity index (χ3n) is 5.02. The topological polar surface area (TPSA) is 41.6 Å². The number of nitrogens with one attached hydrogen (secondary N) is 1. The Balaban J connectivity index is 1.52. The predicted octanol–water partition coefficient (Wildman–Crippen LogP) is 2.67. The van der Waals surface area contributed by atoms with Crippen LogP contribution >= 0.6 is 11.3 Å². The lowest BCUT2D eigenvalue weighted by atomic mass is 9.84. The summed E-state index contributed by atoms with van der Waals surface area (Å²) in [4.78, 5) is 14.6. The second-order valence-corrected chi connectivity index (χ2v) is 7.30. The second kappa shape index (κ2) is 7.57. The summed E-state index contributed by atoms with van der Waals surface area (Å²) >= 11 is 1.68. The summed E-state index contributed by atoms with van der Waals surface area (Å²) in [6, 6.07) is 2.10. The molecular weight excluding hydrogens is 296 g/mol. The minimum absolute atomic E-state index is 0.0538. The molecule has 0 spiro atoms. The average molecular weight is 322 g/mol. The number of rotatable bonds is 4. The van der Waals surface area contributed by atoms with E-state index in [4.69, 9.17) is 4.74 Å². The predicted molar refractivity (Wildman–Crippen MR) is 89.0 cm³/mol. The third kappa shape index (κ3) is 3.89. The van der Waals surface area contributed by atoms with Crippen LogP contribution in [0.2, 0.25) is 0 Å². The Morgan fingerprint density at radius 1 is 1.50 bits per heavy atom. The fraction of sp³-hybridized carbons (Fsp3) is 0.706. The average Bonchev–Trinajstić information content (AvgIpc) is 3.10. The highest BCUT2D eigenvalue weighted by atomic mass is 32.1. The Morgan fingerprint density at radius 2 is 2.32 bits per heavy atom. The van der Waals surface area contributed by atoms with Crippen molar-refractivity contribution in [2.24, 2.45) is 11.8 Å². The summed E-state index contributed by atoms with van der Waals surface area (Å²) in [5.41, 5.74) is 1.20. The van der Waals surface area contributed by atoms with E-state index in [2.05, 4.69) is 29.1 Å². The molecule has 0 saturated carbocycles. The highest BCUT2D eigenvalue weighted by Gasteiger charge is 2.28. The molecule has 122 valence electrons. The van der Waals surface area contributed by atoms with Gasteiger partial charge in [-0.15, -0.1) is 0 Å². The van der Waals surface area contributed by atoms with Gasteiger partial charge in [0.2, 0.25) is 5.91 Å². The molecule has 0 aliphatic carbocycles. The molecule has 1 aromatic rings. The maximum Gasteiger partial charge on any atom is 0.223 e. The number of hydrogen-bond acceptors (Lipinski definition) is 4. The van der Waals surface area contributed by atoms with Crippen LogP contribution in [-0.2, 0) is 9.53 Å². The lowest BCUT2D eigenvalue weighted by molar-refractivity contribution is -0.140. The normalized spacial score (nSPS) is 25.1. The summed E-state index contributed by atoms with van der Waals surface area (Å²) in [5, 5.41) is 7.59. The third-order valence-corrected chi connectivity index (χ3v) is 5.72. The van der Waals surface area contributed by atoms with Crippen molar-refractivity contribution < 1.29 is 9.53 Å². The van der Waals surface area contributed by atoms with Gasteiger partial charge < -0.3 is 15.0 Å². The van der Waals surface area contributed by atoms with Crippen molar-refractivity contribution in [2.45, 2.75) is 32.3 Å². The van der Waals surface area contributed by atoms with Crippen LogP contribution in [0.1, 0.15) is 37.9 Å². The minimum Gasteiger partial charge on any atom is -0.370 e. The molecule has 2 fully saturated rings. The monoisotopic (exact) mass is 322 g/mol. The number of amides is 1. The molecule has 3 heterocycles. The highest BCUT2D eigenvalue weighted by molar-refractivity contribution is 7.07. The van der Waals surface area contributed by atoms with Crippen LogP contribution < -0.4 is 5.32 Å². The van der Waals surface area contributed by atoms with E-state index in [-0.39, 0.29) is 6.10 Å². The lowest BCUT2D eigenvalue weighted by Gasteiger charge is -2.34. The maximum absolute atomic E-state index is 12.6. The first-order chi connectivity index (χ1) is 10.7. The summed E-state index contributed by atoms with van der Waals surface area (Å²) < 4.78 is 5.83. The van der Waals surface area contributed by atoms with Crippen LogP contribution in [-0.4, -0.2) is 43.6 Å². The number of carbonyl (C=O) groups is 1. The fourth-order valence-electron chi connectivity index (χ4n) is 3.52. The summed E-state index contributed by atoms with van der Waals surface area (Å²) in [6.07, 6.45) is 3.14. The molecule has 1 N–H and O–H groups in total. The molecule has 2 atom stereocenters. The van der Waals surface area contributed by atoms with Crippen LogP contribution in [0.4, 0.5) is 0 Å². The second-order valence-electron chi connectivity index (χ2n) is 6.52. The molecule has 0 bridgehead atoms. The Hall–Kier alpha value is -0.910. The van der Waals surface area contributed by atoms with E-state index in [9.17, 15) is 4.79 Å². The van der Waals surface area contributed by atoms with Gasteiger partial charge in [0, 0.05) is 13.0 Å². The number of nitrogens with zero attached hydrogens (tertiary/aromatic N) is 1. The lowest BCUT2D eigenvalue weighted by Crippen LogP contribution is -2.43. The number of carbonyl (C=O) groups excluding carboxylic acids is 1. The number of piperidine rings is 1. The van der Waals surface area contributed by atoms with Crippen LogP contribution in [0, 0.1) is 11.8 Å². The molecular formula is C17H26N2O2S. The Morgan fingerprint density at radius 3 is 3.05 bits per heavy atom. The van der Waals surface area contributed by atoms with Crippen molar-refractivity contribution in [1.82, 2.24) is 10.2 Å². The van der Waals surface area contributed by atoms with Gasteiger partial charge in [0.15, 0.2) is 0 Å². The first-order valence-corrected chi connectivity index (χ1v) is 9.30. The number of morpholine rings is 1. The van der Waals surface area contributed by atoms with E-state index in [1.165, 1.54) is 18.4 Å². The van der Waals surface area contributed by atoms with Crippen LogP contribution in [0.25, 0.3) is 0 Å². The molecule has 1 aromatic heterocycles. The number of hydrogen-bond donors (Lipinski definition) is 1. The molecule has 1 amide bonds. The van der Waals surface area contributed by atoms with Crippen molar-refractivity contribution in [3.63, 3.8) is 0 Å². The molecule has 2 unspecified atom stereocenters. The smallest absolute Gasteiger partial charge is 0.223 e. The molecule has 0 radical (unpaired) electrons. The SMILES string of the molecule is CC(CC(=O)N1CCOC(c2ccsc2)C1)C1CCNCC1. The van der Waals surface area contributed by atoms with Gasteiger partial charge >= 0.3 is 0 Å². The molecule has 2 saturated heterocycles. The van der Waals surface area contributed by atoms with Gasteiger partial charge in [0.25, 0.3) is 0 Å². The fourth-order valence-corrected chi connectivity index (χ4v) is 4.22. The molecule has 22 heavy (non-hydrogen) atoms. The van der Waals surface area contributed by atoms with Gasteiger partial charge in [0.1, 0.15) is 6.10 Å². The van der Waals surface area contributed by atoms with Crippen molar-refractivity contribution in [3.05, 3.63) is 22.4 Å². The Bertz CT molecular complexity index is 471. The van der Waals surface area contributed by atoms with E-state index < -0.39 is 0 Å². The van der Waals surface area contributed by atoms with Crippen LogP contribution in [0.3, 0.4) is 0 Å².